The van der Waals surface area contributed by atoms with Crippen LogP contribution in [0.5, 0.6) is 0 Å². The van der Waals surface area contributed by atoms with Gasteiger partial charge in [0.2, 0.25) is 11.8 Å². The Labute approximate surface area is 280 Å². The third-order valence-corrected chi connectivity index (χ3v) is 10.0. The molecule has 0 spiro atoms. The van der Waals surface area contributed by atoms with Crippen molar-refractivity contribution in [3.05, 3.63) is 90.0 Å². The van der Waals surface area contributed by atoms with E-state index in [2.05, 4.69) is 15.4 Å². The van der Waals surface area contributed by atoms with Crippen molar-refractivity contribution in [1.29, 1.82) is 0 Å². The van der Waals surface area contributed by atoms with E-state index in [0.717, 1.165) is 16.3 Å². The summed E-state index contributed by atoms with van der Waals surface area (Å²) in [6, 6.07) is 19.7. The Morgan fingerprint density at radius 2 is 1.40 bits per heavy atom. The van der Waals surface area contributed by atoms with Crippen molar-refractivity contribution < 1.29 is 22.8 Å². The number of nitrogens with one attached hydrogen (secondary N) is 3. The number of likely N-dealkylation sites (N-methyl/N-ethyl adjacent to an activating group) is 2. The molecule has 254 valence electrons. The van der Waals surface area contributed by atoms with Crippen LogP contribution in [0.2, 0.25) is 0 Å². The normalized spacial score (nSPS) is 14.7. The van der Waals surface area contributed by atoms with Gasteiger partial charge in [-0.3, -0.25) is 14.4 Å². The van der Waals surface area contributed by atoms with E-state index in [-0.39, 0.29) is 28.2 Å². The highest BCUT2D eigenvalue weighted by molar-refractivity contribution is 7.90. The lowest BCUT2D eigenvalue weighted by atomic mass is 9.76. The van der Waals surface area contributed by atoms with Crippen molar-refractivity contribution in [1.82, 2.24) is 20.3 Å². The van der Waals surface area contributed by atoms with E-state index >= 15 is 0 Å². The average Bonchev–Trinajstić information content (AvgIpc) is 3.01. The van der Waals surface area contributed by atoms with Crippen LogP contribution in [0, 0.1) is 11.3 Å². The van der Waals surface area contributed by atoms with Gasteiger partial charge in [0, 0.05) is 18.0 Å². The summed E-state index contributed by atoms with van der Waals surface area (Å²) in [5, 5.41) is 7.79. The molecule has 0 aliphatic heterocycles. The molecule has 0 aliphatic carbocycles. The van der Waals surface area contributed by atoms with Crippen LogP contribution in [0.25, 0.3) is 10.8 Å². The number of carbonyl (C=O) groups is 3. The lowest BCUT2D eigenvalue weighted by Crippen LogP contribution is -2.61. The first-order valence-corrected chi connectivity index (χ1v) is 17.3. The first-order valence-electron chi connectivity index (χ1n) is 15.9. The molecule has 3 aromatic carbocycles. The number of amides is 3. The largest absolute Gasteiger partial charge is 0.342 e. The van der Waals surface area contributed by atoms with Gasteiger partial charge in [-0.1, -0.05) is 115 Å². The minimum Gasteiger partial charge on any atom is -0.342 e. The quantitative estimate of drug-likeness (QED) is 0.230. The van der Waals surface area contributed by atoms with Crippen molar-refractivity contribution >= 4 is 38.5 Å². The number of rotatable bonds is 12. The summed E-state index contributed by atoms with van der Waals surface area (Å²) in [6.45, 7) is 15.0. The van der Waals surface area contributed by atoms with Crippen LogP contribution in [-0.4, -0.2) is 63.3 Å². The number of hydrogen-bond acceptors (Lipinski definition) is 6. The van der Waals surface area contributed by atoms with Gasteiger partial charge in [-0.25, -0.2) is 13.1 Å². The van der Waals surface area contributed by atoms with Gasteiger partial charge < -0.3 is 15.5 Å². The average molecular weight is 663 g/mol. The predicted molar refractivity (Wildman–Crippen MR) is 188 cm³/mol. The Balaban J connectivity index is 1.84. The summed E-state index contributed by atoms with van der Waals surface area (Å²) in [6.07, 6.45) is 1.60. The fourth-order valence-corrected chi connectivity index (χ4v) is 6.81. The van der Waals surface area contributed by atoms with E-state index in [1.54, 1.807) is 32.3 Å². The standard InChI is InChI=1S/C37H50N4O5S/c1-24(2)30(22-25(3)33(42)40-47(45,46)29-21-20-26-16-14-15-17-27(26)23-29)41(10)35(44)32(36(4,5)6)39-34(43)31(38-9)37(7,8)28-18-12-11-13-19-28/h11-24,30-32,38H,1-10H3,(H,39,43)(H,40,42)/b25-22+. The highest BCUT2D eigenvalue weighted by Crippen LogP contribution is 2.29. The zero-order valence-electron chi connectivity index (χ0n) is 29.2. The van der Waals surface area contributed by atoms with Crippen molar-refractivity contribution in [2.45, 2.75) is 83.8 Å². The summed E-state index contributed by atoms with van der Waals surface area (Å²) in [4.78, 5) is 42.6. The van der Waals surface area contributed by atoms with E-state index in [4.69, 9.17) is 0 Å². The molecule has 3 amide bonds. The molecule has 10 heteroatoms. The van der Waals surface area contributed by atoms with Crippen LogP contribution < -0.4 is 15.4 Å². The van der Waals surface area contributed by atoms with Gasteiger partial charge in [0.1, 0.15) is 6.04 Å². The fraction of sp³-hybridized carbons (Fsp3) is 0.432. The number of carbonyl (C=O) groups excluding carboxylic acids is 3. The monoisotopic (exact) mass is 662 g/mol. The van der Waals surface area contributed by atoms with Gasteiger partial charge >= 0.3 is 0 Å². The Morgan fingerprint density at radius 3 is 1.96 bits per heavy atom. The molecule has 3 aromatic rings. The van der Waals surface area contributed by atoms with Crippen LogP contribution >= 0.6 is 0 Å². The molecule has 3 unspecified atom stereocenters. The van der Waals surface area contributed by atoms with E-state index in [9.17, 15) is 22.8 Å². The van der Waals surface area contributed by atoms with E-state index in [0.29, 0.717) is 0 Å². The van der Waals surface area contributed by atoms with Crippen molar-refractivity contribution in [2.24, 2.45) is 11.3 Å². The van der Waals surface area contributed by atoms with Crippen molar-refractivity contribution in [3.8, 4) is 0 Å². The van der Waals surface area contributed by atoms with Crippen molar-refractivity contribution in [2.75, 3.05) is 14.1 Å². The predicted octanol–water partition coefficient (Wildman–Crippen LogP) is 5.17. The molecule has 0 aromatic heterocycles. The molecule has 47 heavy (non-hydrogen) atoms. The van der Waals surface area contributed by atoms with Gasteiger partial charge in [0.25, 0.3) is 15.9 Å². The Hall–Kier alpha value is -4.02. The Kier molecular flexibility index (Phi) is 11.8. The summed E-state index contributed by atoms with van der Waals surface area (Å²) in [5.41, 5.74) is -0.115. The van der Waals surface area contributed by atoms with Crippen LogP contribution in [0.3, 0.4) is 0 Å². The maximum absolute atomic E-state index is 14.1. The molecular weight excluding hydrogens is 612 g/mol. The molecule has 3 atom stereocenters. The lowest BCUT2D eigenvalue weighted by molar-refractivity contribution is -0.140. The number of sulfonamides is 1. The number of fused-ring (bicyclic) bond motifs is 1. The maximum Gasteiger partial charge on any atom is 0.264 e. The molecule has 3 rings (SSSR count). The van der Waals surface area contributed by atoms with Gasteiger partial charge in [0.05, 0.1) is 17.0 Å². The first kappa shape index (κ1) is 37.4. The molecule has 0 radical (unpaired) electrons. The second-order valence-electron chi connectivity index (χ2n) is 14.1. The number of nitrogens with zero attached hydrogens (tertiary/aromatic N) is 1. The third-order valence-electron chi connectivity index (χ3n) is 8.71. The summed E-state index contributed by atoms with van der Waals surface area (Å²) >= 11 is 0. The molecule has 0 heterocycles. The molecule has 0 saturated carbocycles. The second-order valence-corrected chi connectivity index (χ2v) is 15.8. The van der Waals surface area contributed by atoms with Gasteiger partial charge in [0.15, 0.2) is 0 Å². The minimum atomic E-state index is -4.15. The van der Waals surface area contributed by atoms with Crippen LogP contribution in [-0.2, 0) is 29.8 Å². The molecule has 0 aliphatic rings. The fourth-order valence-electron chi connectivity index (χ4n) is 5.76. The Bertz CT molecular complexity index is 1730. The zero-order chi connectivity index (χ0) is 35.3. The van der Waals surface area contributed by atoms with E-state index in [1.807, 2.05) is 97.0 Å². The van der Waals surface area contributed by atoms with Crippen LogP contribution in [0.4, 0.5) is 0 Å². The molecule has 9 nitrogen and oxygen atoms in total. The first-order chi connectivity index (χ1) is 21.8. The lowest BCUT2D eigenvalue weighted by Gasteiger charge is -2.40. The van der Waals surface area contributed by atoms with E-state index < -0.39 is 44.9 Å². The highest BCUT2D eigenvalue weighted by Gasteiger charge is 2.41. The van der Waals surface area contributed by atoms with Crippen molar-refractivity contribution in [3.63, 3.8) is 0 Å². The topological polar surface area (TPSA) is 125 Å². The number of hydrogen-bond donors (Lipinski definition) is 3. The highest BCUT2D eigenvalue weighted by atomic mass is 32.2. The molecule has 3 N–H and O–H groups in total. The molecule has 0 bridgehead atoms. The SMILES string of the molecule is CNC(C(=O)NC(C(=O)N(C)C(/C=C(\C)C(=O)NS(=O)(=O)c1ccc2ccccc2c1)C(C)C)C(C)(C)C)C(C)(C)c1ccccc1. The van der Waals surface area contributed by atoms with Gasteiger partial charge in [-0.15, -0.1) is 0 Å². The van der Waals surface area contributed by atoms with E-state index in [1.165, 1.54) is 24.0 Å². The zero-order valence-corrected chi connectivity index (χ0v) is 30.0. The van der Waals surface area contributed by atoms with Gasteiger partial charge in [-0.05, 0) is 53.8 Å². The molecule has 0 fully saturated rings. The minimum absolute atomic E-state index is 0.0240. The summed E-state index contributed by atoms with van der Waals surface area (Å²) < 4.78 is 28.4. The smallest absolute Gasteiger partial charge is 0.264 e. The summed E-state index contributed by atoms with van der Waals surface area (Å²) in [5.74, 6) is -1.56. The van der Waals surface area contributed by atoms with Crippen LogP contribution in [0.1, 0.15) is 61.0 Å². The molecule has 0 saturated heterocycles. The second kappa shape index (κ2) is 14.8. The number of benzene rings is 3. The maximum atomic E-state index is 14.1. The molecular formula is C37H50N4O5S. The Morgan fingerprint density at radius 1 is 0.830 bits per heavy atom. The third kappa shape index (κ3) is 8.87. The summed E-state index contributed by atoms with van der Waals surface area (Å²) in [7, 11) is -0.794. The van der Waals surface area contributed by atoms with Crippen LogP contribution in [0.15, 0.2) is 89.3 Å². The van der Waals surface area contributed by atoms with Gasteiger partial charge in [-0.2, -0.15) is 0 Å².